The van der Waals surface area contributed by atoms with Gasteiger partial charge in [-0.2, -0.15) is 0 Å². The lowest BCUT2D eigenvalue weighted by Crippen LogP contribution is -2.51. The van der Waals surface area contributed by atoms with Gasteiger partial charge >= 0.3 is 0 Å². The van der Waals surface area contributed by atoms with Crippen LogP contribution in [-0.4, -0.2) is 54.5 Å². The molecule has 1 N–H and O–H groups in total. The van der Waals surface area contributed by atoms with E-state index in [1.165, 1.54) is 24.9 Å². The molecule has 3 rings (SSSR count). The van der Waals surface area contributed by atoms with Gasteiger partial charge in [0, 0.05) is 31.4 Å². The highest BCUT2D eigenvalue weighted by Crippen LogP contribution is 2.21. The zero-order valence-corrected chi connectivity index (χ0v) is 13.1. The number of carbonyl (C=O) groups is 1. The van der Waals surface area contributed by atoms with Crippen LogP contribution in [-0.2, 0) is 4.79 Å². The van der Waals surface area contributed by atoms with Crippen molar-refractivity contribution in [1.82, 2.24) is 9.80 Å². The van der Waals surface area contributed by atoms with E-state index >= 15 is 0 Å². The van der Waals surface area contributed by atoms with E-state index in [4.69, 9.17) is 0 Å². The van der Waals surface area contributed by atoms with Crippen molar-refractivity contribution in [1.29, 1.82) is 0 Å². The number of hydrogen-bond acceptors (Lipinski definition) is 3. The molecule has 1 amide bonds. The second kappa shape index (κ2) is 6.16. The fraction of sp³-hybridized carbons (Fsp3) is 0.588. The Morgan fingerprint density at radius 1 is 1.29 bits per heavy atom. The van der Waals surface area contributed by atoms with Crippen LogP contribution in [0.3, 0.4) is 0 Å². The molecule has 1 unspecified atom stereocenters. The summed E-state index contributed by atoms with van der Waals surface area (Å²) in [7, 11) is 0. The van der Waals surface area contributed by atoms with Gasteiger partial charge in [0.2, 0.25) is 5.91 Å². The van der Waals surface area contributed by atoms with Crippen molar-refractivity contribution in [2.45, 2.75) is 32.7 Å². The summed E-state index contributed by atoms with van der Waals surface area (Å²) in [5.41, 5.74) is 3.29. The van der Waals surface area contributed by atoms with E-state index < -0.39 is 0 Å². The Kier molecular flexibility index (Phi) is 4.27. The molecule has 2 heterocycles. The molecular weight excluding hydrogens is 262 g/mol. The SMILES string of the molecule is Cc1ccc(NC(=O)CN2CCN3CCCC3C2)c(C)c1. The zero-order chi connectivity index (χ0) is 14.8. The van der Waals surface area contributed by atoms with Crippen LogP contribution in [0.1, 0.15) is 24.0 Å². The quantitative estimate of drug-likeness (QED) is 0.924. The highest BCUT2D eigenvalue weighted by Gasteiger charge is 2.30. The minimum Gasteiger partial charge on any atom is -0.325 e. The maximum Gasteiger partial charge on any atom is 0.238 e. The largest absolute Gasteiger partial charge is 0.325 e. The number of aryl methyl sites for hydroxylation is 2. The smallest absolute Gasteiger partial charge is 0.238 e. The number of carbonyl (C=O) groups excluding carboxylic acids is 1. The molecule has 0 aliphatic carbocycles. The van der Waals surface area contributed by atoms with Gasteiger partial charge in [-0.25, -0.2) is 0 Å². The minimum absolute atomic E-state index is 0.105. The molecule has 114 valence electrons. The Labute approximate surface area is 127 Å². The molecule has 0 spiro atoms. The first-order valence-corrected chi connectivity index (χ1v) is 7.95. The zero-order valence-electron chi connectivity index (χ0n) is 13.1. The first-order valence-electron chi connectivity index (χ1n) is 7.95. The van der Waals surface area contributed by atoms with E-state index in [2.05, 4.69) is 28.1 Å². The van der Waals surface area contributed by atoms with Gasteiger partial charge in [0.1, 0.15) is 0 Å². The molecule has 2 fully saturated rings. The van der Waals surface area contributed by atoms with E-state index in [-0.39, 0.29) is 5.91 Å². The van der Waals surface area contributed by atoms with E-state index in [0.717, 1.165) is 30.9 Å². The van der Waals surface area contributed by atoms with E-state index in [9.17, 15) is 4.79 Å². The summed E-state index contributed by atoms with van der Waals surface area (Å²) < 4.78 is 0. The number of hydrogen-bond donors (Lipinski definition) is 1. The van der Waals surface area contributed by atoms with E-state index in [1.807, 2.05) is 19.1 Å². The Morgan fingerprint density at radius 2 is 2.14 bits per heavy atom. The van der Waals surface area contributed by atoms with E-state index in [1.54, 1.807) is 0 Å². The summed E-state index contributed by atoms with van der Waals surface area (Å²) in [6.45, 7) is 9.03. The summed E-state index contributed by atoms with van der Waals surface area (Å²) >= 11 is 0. The number of anilines is 1. The third-order valence-corrected chi connectivity index (χ3v) is 4.69. The number of nitrogens with one attached hydrogen (secondary N) is 1. The van der Waals surface area contributed by atoms with Gasteiger partial charge in [-0.15, -0.1) is 0 Å². The van der Waals surface area contributed by atoms with Crippen LogP contribution in [0.15, 0.2) is 18.2 Å². The number of amides is 1. The fourth-order valence-electron chi connectivity index (χ4n) is 3.55. The first kappa shape index (κ1) is 14.5. The van der Waals surface area contributed by atoms with Crippen molar-refractivity contribution >= 4 is 11.6 Å². The van der Waals surface area contributed by atoms with Crippen molar-refractivity contribution in [3.63, 3.8) is 0 Å². The number of rotatable bonds is 3. The van der Waals surface area contributed by atoms with Gasteiger partial charge in [0.05, 0.1) is 6.54 Å². The van der Waals surface area contributed by atoms with Crippen LogP contribution >= 0.6 is 0 Å². The molecule has 2 aliphatic heterocycles. The number of nitrogens with zero attached hydrogens (tertiary/aromatic N) is 2. The fourth-order valence-corrected chi connectivity index (χ4v) is 3.55. The van der Waals surface area contributed by atoms with Crippen molar-refractivity contribution in [2.75, 3.05) is 38.0 Å². The van der Waals surface area contributed by atoms with Gasteiger partial charge in [-0.05, 0) is 44.9 Å². The maximum absolute atomic E-state index is 12.2. The average molecular weight is 287 g/mol. The minimum atomic E-state index is 0.105. The summed E-state index contributed by atoms with van der Waals surface area (Å²) in [5, 5.41) is 3.05. The molecule has 2 aliphatic rings. The molecule has 1 atom stereocenters. The summed E-state index contributed by atoms with van der Waals surface area (Å²) in [6, 6.07) is 6.82. The predicted molar refractivity (Wildman–Crippen MR) is 85.6 cm³/mol. The van der Waals surface area contributed by atoms with Crippen molar-refractivity contribution < 1.29 is 4.79 Å². The molecule has 2 saturated heterocycles. The van der Waals surface area contributed by atoms with Crippen LogP contribution < -0.4 is 5.32 Å². The van der Waals surface area contributed by atoms with Gasteiger partial charge in [0.25, 0.3) is 0 Å². The number of piperazine rings is 1. The molecule has 0 radical (unpaired) electrons. The average Bonchev–Trinajstić information content (AvgIpc) is 2.89. The summed E-state index contributed by atoms with van der Waals surface area (Å²) in [5.74, 6) is 0.105. The van der Waals surface area contributed by atoms with Crippen LogP contribution in [0, 0.1) is 13.8 Å². The molecule has 0 bridgehead atoms. The maximum atomic E-state index is 12.2. The molecule has 0 aromatic heterocycles. The Bertz CT molecular complexity index is 529. The molecule has 4 nitrogen and oxygen atoms in total. The Morgan fingerprint density at radius 3 is 2.95 bits per heavy atom. The van der Waals surface area contributed by atoms with Crippen molar-refractivity contribution in [2.24, 2.45) is 0 Å². The first-order chi connectivity index (χ1) is 10.1. The Balaban J connectivity index is 1.54. The highest BCUT2D eigenvalue weighted by atomic mass is 16.2. The van der Waals surface area contributed by atoms with Gasteiger partial charge in [-0.3, -0.25) is 14.6 Å². The highest BCUT2D eigenvalue weighted by molar-refractivity contribution is 5.93. The lowest BCUT2D eigenvalue weighted by Gasteiger charge is -2.37. The molecular formula is C17H25N3O. The standard InChI is InChI=1S/C17H25N3O/c1-13-5-6-16(14(2)10-13)18-17(21)12-19-8-9-20-7-3-4-15(20)11-19/h5-6,10,15H,3-4,7-9,11-12H2,1-2H3,(H,18,21). The molecule has 0 saturated carbocycles. The van der Waals surface area contributed by atoms with Gasteiger partial charge in [0.15, 0.2) is 0 Å². The monoisotopic (exact) mass is 287 g/mol. The van der Waals surface area contributed by atoms with E-state index in [0.29, 0.717) is 12.6 Å². The van der Waals surface area contributed by atoms with Crippen LogP contribution in [0.25, 0.3) is 0 Å². The second-order valence-corrected chi connectivity index (χ2v) is 6.43. The van der Waals surface area contributed by atoms with Crippen LogP contribution in [0.4, 0.5) is 5.69 Å². The number of benzene rings is 1. The van der Waals surface area contributed by atoms with Gasteiger partial charge in [-0.1, -0.05) is 17.7 Å². The molecule has 21 heavy (non-hydrogen) atoms. The number of fused-ring (bicyclic) bond motifs is 1. The Hall–Kier alpha value is -1.39. The summed E-state index contributed by atoms with van der Waals surface area (Å²) in [6.07, 6.45) is 2.60. The normalized spacial score (nSPS) is 23.0. The summed E-state index contributed by atoms with van der Waals surface area (Å²) in [4.78, 5) is 17.1. The molecule has 1 aromatic rings. The van der Waals surface area contributed by atoms with Gasteiger partial charge < -0.3 is 5.32 Å². The lowest BCUT2D eigenvalue weighted by atomic mass is 10.1. The predicted octanol–water partition coefficient (Wildman–Crippen LogP) is 2.02. The van der Waals surface area contributed by atoms with Crippen LogP contribution in [0.5, 0.6) is 0 Å². The van der Waals surface area contributed by atoms with Crippen molar-refractivity contribution in [3.8, 4) is 0 Å². The lowest BCUT2D eigenvalue weighted by molar-refractivity contribution is -0.117. The van der Waals surface area contributed by atoms with Crippen LogP contribution in [0.2, 0.25) is 0 Å². The molecule has 4 heteroatoms. The molecule has 1 aromatic carbocycles. The third kappa shape index (κ3) is 3.44. The third-order valence-electron chi connectivity index (χ3n) is 4.69. The second-order valence-electron chi connectivity index (χ2n) is 6.43. The van der Waals surface area contributed by atoms with Crippen molar-refractivity contribution in [3.05, 3.63) is 29.3 Å². The topological polar surface area (TPSA) is 35.6 Å².